The van der Waals surface area contributed by atoms with E-state index in [0.717, 1.165) is 31.4 Å². The van der Waals surface area contributed by atoms with Crippen molar-refractivity contribution in [2.24, 2.45) is 0 Å². The van der Waals surface area contributed by atoms with Crippen LogP contribution in [0.25, 0.3) is 0 Å². The molecule has 0 aromatic heterocycles. The van der Waals surface area contributed by atoms with Crippen LogP contribution in [0.15, 0.2) is 42.5 Å². The average Bonchev–Trinajstić information content (AvgIpc) is 3.17. The molecule has 4 rings (SSSR count). The van der Waals surface area contributed by atoms with E-state index in [1.807, 2.05) is 18.2 Å². The van der Waals surface area contributed by atoms with Gasteiger partial charge in [0.15, 0.2) is 12.4 Å². The van der Waals surface area contributed by atoms with E-state index >= 15 is 0 Å². The number of Topliss-reactive ketones (excluding diaryl/α,β-unsaturated/α-hetero) is 1. The molecule has 1 amide bonds. The molecule has 28 heavy (non-hydrogen) atoms. The van der Waals surface area contributed by atoms with Crippen LogP contribution in [0, 0.1) is 0 Å². The van der Waals surface area contributed by atoms with Crippen LogP contribution in [0.5, 0.6) is 0 Å². The van der Waals surface area contributed by atoms with E-state index in [0.29, 0.717) is 24.1 Å². The lowest BCUT2D eigenvalue weighted by Gasteiger charge is -2.17. The summed E-state index contributed by atoms with van der Waals surface area (Å²) in [4.78, 5) is 38.4. The number of anilines is 1. The third-order valence-corrected chi connectivity index (χ3v) is 5.47. The number of hydrogen-bond donors (Lipinski definition) is 0. The molecule has 5 heteroatoms. The number of hydrogen-bond acceptors (Lipinski definition) is 4. The second-order valence-electron chi connectivity index (χ2n) is 7.39. The number of ketones is 1. The molecule has 0 radical (unpaired) electrons. The van der Waals surface area contributed by atoms with Gasteiger partial charge in [-0.2, -0.15) is 0 Å². The van der Waals surface area contributed by atoms with Crippen molar-refractivity contribution in [1.29, 1.82) is 0 Å². The van der Waals surface area contributed by atoms with Crippen molar-refractivity contribution < 1.29 is 19.1 Å². The Morgan fingerprint density at radius 2 is 1.71 bits per heavy atom. The second kappa shape index (κ2) is 7.97. The third kappa shape index (κ3) is 3.84. The van der Waals surface area contributed by atoms with Crippen LogP contribution in [-0.2, 0) is 22.4 Å². The summed E-state index contributed by atoms with van der Waals surface area (Å²) >= 11 is 0. The van der Waals surface area contributed by atoms with E-state index in [-0.39, 0.29) is 18.3 Å². The van der Waals surface area contributed by atoms with Crippen LogP contribution in [-0.4, -0.2) is 30.8 Å². The summed E-state index contributed by atoms with van der Waals surface area (Å²) in [6.07, 6.45) is 5.73. The van der Waals surface area contributed by atoms with E-state index in [1.54, 1.807) is 29.2 Å². The lowest BCUT2D eigenvalue weighted by atomic mass is 9.90. The molecule has 1 saturated heterocycles. The summed E-state index contributed by atoms with van der Waals surface area (Å²) in [6, 6.07) is 12.6. The van der Waals surface area contributed by atoms with Crippen LogP contribution in [0.3, 0.4) is 0 Å². The van der Waals surface area contributed by atoms with Crippen molar-refractivity contribution in [3.05, 3.63) is 64.7 Å². The van der Waals surface area contributed by atoms with Gasteiger partial charge in [0.05, 0.1) is 5.56 Å². The topological polar surface area (TPSA) is 63.7 Å². The molecule has 2 aromatic carbocycles. The standard InChI is InChI=1S/C23H23NO4/c25-21(18-7-3-8-20(14-18)24-12-4-9-22(24)26)15-28-23(27)19-11-10-16-5-1-2-6-17(16)13-19/h3,7-8,10-11,13-14H,1-2,4-6,9,12,15H2. The van der Waals surface area contributed by atoms with Gasteiger partial charge in [-0.3, -0.25) is 9.59 Å². The molecule has 0 N–H and O–H groups in total. The number of rotatable bonds is 5. The molecule has 2 aromatic rings. The summed E-state index contributed by atoms with van der Waals surface area (Å²) in [7, 11) is 0. The van der Waals surface area contributed by atoms with Crippen LogP contribution >= 0.6 is 0 Å². The molecule has 144 valence electrons. The monoisotopic (exact) mass is 377 g/mol. The zero-order valence-electron chi connectivity index (χ0n) is 15.8. The Balaban J connectivity index is 1.40. The van der Waals surface area contributed by atoms with Crippen molar-refractivity contribution in [1.82, 2.24) is 0 Å². The molecule has 0 unspecified atom stereocenters. The van der Waals surface area contributed by atoms with Gasteiger partial charge in [0.2, 0.25) is 5.91 Å². The average molecular weight is 377 g/mol. The van der Waals surface area contributed by atoms with E-state index < -0.39 is 5.97 Å². The number of aryl methyl sites for hydroxylation is 2. The number of fused-ring (bicyclic) bond motifs is 1. The highest BCUT2D eigenvalue weighted by atomic mass is 16.5. The van der Waals surface area contributed by atoms with Gasteiger partial charge in [-0.1, -0.05) is 18.2 Å². The normalized spacial score (nSPS) is 16.0. The quantitative estimate of drug-likeness (QED) is 0.588. The molecule has 1 aliphatic carbocycles. The van der Waals surface area contributed by atoms with Crippen LogP contribution in [0.1, 0.15) is 57.5 Å². The number of benzene rings is 2. The maximum absolute atomic E-state index is 12.5. The highest BCUT2D eigenvalue weighted by Gasteiger charge is 2.22. The van der Waals surface area contributed by atoms with E-state index in [4.69, 9.17) is 4.74 Å². The van der Waals surface area contributed by atoms with Gasteiger partial charge in [0.25, 0.3) is 0 Å². The fourth-order valence-electron chi connectivity index (χ4n) is 3.93. The number of amides is 1. The van der Waals surface area contributed by atoms with E-state index in [9.17, 15) is 14.4 Å². The summed E-state index contributed by atoms with van der Waals surface area (Å²) in [5.41, 5.74) is 4.15. The lowest BCUT2D eigenvalue weighted by molar-refractivity contribution is -0.117. The predicted molar refractivity (Wildman–Crippen MR) is 106 cm³/mol. The molecular formula is C23H23NO4. The molecule has 0 saturated carbocycles. The van der Waals surface area contributed by atoms with Crippen molar-refractivity contribution in [3.8, 4) is 0 Å². The van der Waals surface area contributed by atoms with Gasteiger partial charge in [0.1, 0.15) is 0 Å². The Bertz CT molecular complexity index is 934. The van der Waals surface area contributed by atoms with Gasteiger partial charge >= 0.3 is 5.97 Å². The SMILES string of the molecule is O=C(COC(=O)c1ccc2c(c1)CCCC2)c1cccc(N2CCCC2=O)c1. The molecule has 1 aliphatic heterocycles. The zero-order valence-corrected chi connectivity index (χ0v) is 15.8. The second-order valence-corrected chi connectivity index (χ2v) is 7.39. The molecule has 0 atom stereocenters. The highest BCUT2D eigenvalue weighted by molar-refractivity contribution is 6.01. The number of carbonyl (C=O) groups is 3. The van der Waals surface area contributed by atoms with Crippen molar-refractivity contribution in [2.75, 3.05) is 18.1 Å². The van der Waals surface area contributed by atoms with Gasteiger partial charge in [-0.25, -0.2) is 4.79 Å². The molecule has 0 bridgehead atoms. The first kappa shape index (κ1) is 18.4. The minimum Gasteiger partial charge on any atom is -0.454 e. The molecule has 5 nitrogen and oxygen atoms in total. The number of carbonyl (C=O) groups excluding carboxylic acids is 3. The number of esters is 1. The largest absolute Gasteiger partial charge is 0.454 e. The fourth-order valence-corrected chi connectivity index (χ4v) is 3.93. The van der Waals surface area contributed by atoms with Gasteiger partial charge in [-0.15, -0.1) is 0 Å². The Morgan fingerprint density at radius 1 is 0.893 bits per heavy atom. The molecule has 0 spiro atoms. The smallest absolute Gasteiger partial charge is 0.338 e. The summed E-state index contributed by atoms with van der Waals surface area (Å²) in [6.45, 7) is 0.358. The molecule has 2 aliphatic rings. The van der Waals surface area contributed by atoms with Crippen molar-refractivity contribution in [2.45, 2.75) is 38.5 Å². The van der Waals surface area contributed by atoms with Gasteiger partial charge in [-0.05, 0) is 67.5 Å². The fraction of sp³-hybridized carbons (Fsp3) is 0.348. The minimum absolute atomic E-state index is 0.0726. The van der Waals surface area contributed by atoms with Gasteiger partial charge in [0, 0.05) is 24.2 Å². The van der Waals surface area contributed by atoms with Crippen LogP contribution in [0.4, 0.5) is 5.69 Å². The Hall–Kier alpha value is -2.95. The summed E-state index contributed by atoms with van der Waals surface area (Å²) in [5.74, 6) is -0.684. The van der Waals surface area contributed by atoms with Crippen molar-refractivity contribution >= 4 is 23.3 Å². The maximum Gasteiger partial charge on any atom is 0.338 e. The van der Waals surface area contributed by atoms with E-state index in [1.165, 1.54) is 17.5 Å². The van der Waals surface area contributed by atoms with Crippen LogP contribution in [0.2, 0.25) is 0 Å². The summed E-state index contributed by atoms with van der Waals surface area (Å²) in [5, 5.41) is 0. The lowest BCUT2D eigenvalue weighted by Crippen LogP contribution is -2.24. The van der Waals surface area contributed by atoms with Crippen molar-refractivity contribution in [3.63, 3.8) is 0 Å². The molecule has 1 fully saturated rings. The van der Waals surface area contributed by atoms with Crippen LogP contribution < -0.4 is 4.90 Å². The Kier molecular flexibility index (Phi) is 5.24. The first-order valence-corrected chi connectivity index (χ1v) is 9.84. The first-order chi connectivity index (χ1) is 13.6. The number of ether oxygens (including phenoxy) is 1. The van der Waals surface area contributed by atoms with Gasteiger partial charge < -0.3 is 9.64 Å². The first-order valence-electron chi connectivity index (χ1n) is 9.84. The molecule has 1 heterocycles. The summed E-state index contributed by atoms with van der Waals surface area (Å²) < 4.78 is 5.25. The predicted octanol–water partition coefficient (Wildman–Crippen LogP) is 3.73. The number of nitrogens with zero attached hydrogens (tertiary/aromatic N) is 1. The highest BCUT2D eigenvalue weighted by Crippen LogP contribution is 2.24. The Morgan fingerprint density at radius 3 is 2.50 bits per heavy atom. The third-order valence-electron chi connectivity index (χ3n) is 5.47. The molecular weight excluding hydrogens is 354 g/mol. The Labute approximate surface area is 164 Å². The van der Waals surface area contributed by atoms with E-state index in [2.05, 4.69) is 0 Å². The maximum atomic E-state index is 12.5. The minimum atomic E-state index is -0.479. The zero-order chi connectivity index (χ0) is 19.5.